The second-order valence-electron chi connectivity index (χ2n) is 2.42. The maximum atomic E-state index is 10.4. The molecule has 0 aliphatic carbocycles. The Bertz CT molecular complexity index is 258. The van der Waals surface area contributed by atoms with E-state index in [0.29, 0.717) is 5.56 Å². The Labute approximate surface area is 70.8 Å². The van der Waals surface area contributed by atoms with Gasteiger partial charge in [-0.3, -0.25) is 4.79 Å². The van der Waals surface area contributed by atoms with Crippen LogP contribution in [0.5, 0.6) is 0 Å². The Balaban J connectivity index is 2.65. The molecule has 1 aromatic rings. The summed E-state index contributed by atoms with van der Waals surface area (Å²) in [4.78, 5) is 10.4. The zero-order valence-electron chi connectivity index (χ0n) is 6.47. The number of aliphatic hydroxyl groups excluding tert-OH is 1. The van der Waals surface area contributed by atoms with Crippen LogP contribution in [0.2, 0.25) is 0 Å². The highest BCUT2D eigenvalue weighted by molar-refractivity contribution is 5.83. The highest BCUT2D eigenvalue weighted by Crippen LogP contribution is 2.13. The van der Waals surface area contributed by atoms with Crippen molar-refractivity contribution < 1.29 is 9.90 Å². The van der Waals surface area contributed by atoms with Gasteiger partial charge < -0.3 is 10.8 Å². The van der Waals surface area contributed by atoms with Crippen LogP contribution in [0, 0.1) is 6.42 Å². The molecular formula is C9H10NO2. The number of nitrogens with two attached hydrogens (primary N) is 1. The van der Waals surface area contributed by atoms with Crippen molar-refractivity contribution in [3.05, 3.63) is 42.3 Å². The van der Waals surface area contributed by atoms with Crippen molar-refractivity contribution in [2.24, 2.45) is 5.73 Å². The first-order chi connectivity index (χ1) is 5.70. The van der Waals surface area contributed by atoms with Crippen LogP contribution in [0.25, 0.3) is 0 Å². The lowest BCUT2D eigenvalue weighted by molar-refractivity contribution is -0.116. The molecule has 1 radical (unpaired) electrons. The van der Waals surface area contributed by atoms with Gasteiger partial charge in [0.15, 0.2) is 0 Å². The van der Waals surface area contributed by atoms with E-state index in [1.165, 1.54) is 0 Å². The van der Waals surface area contributed by atoms with Crippen LogP contribution in [0.3, 0.4) is 0 Å². The average Bonchev–Trinajstić information content (AvgIpc) is 2.05. The van der Waals surface area contributed by atoms with Gasteiger partial charge in [0.05, 0.1) is 12.5 Å². The fourth-order valence-electron chi connectivity index (χ4n) is 0.902. The van der Waals surface area contributed by atoms with Crippen molar-refractivity contribution in [2.45, 2.75) is 6.10 Å². The third-order valence-electron chi connectivity index (χ3n) is 1.46. The predicted molar refractivity (Wildman–Crippen MR) is 44.9 cm³/mol. The highest BCUT2D eigenvalue weighted by Gasteiger charge is 2.09. The summed E-state index contributed by atoms with van der Waals surface area (Å²) < 4.78 is 0. The summed E-state index contributed by atoms with van der Waals surface area (Å²) in [5.74, 6) is -0.619. The van der Waals surface area contributed by atoms with Crippen LogP contribution >= 0.6 is 0 Å². The summed E-state index contributed by atoms with van der Waals surface area (Å²) in [5, 5.41) is 9.33. The summed E-state index contributed by atoms with van der Waals surface area (Å²) in [5.41, 5.74) is 5.54. The number of benzene rings is 1. The fraction of sp³-hybridized carbons (Fsp3) is 0.111. The van der Waals surface area contributed by atoms with E-state index in [1.807, 2.05) is 6.07 Å². The van der Waals surface area contributed by atoms with Gasteiger partial charge in [0.2, 0.25) is 5.91 Å². The molecule has 12 heavy (non-hydrogen) atoms. The third kappa shape index (κ3) is 2.36. The second-order valence-corrected chi connectivity index (χ2v) is 2.42. The van der Waals surface area contributed by atoms with Gasteiger partial charge in [0.1, 0.15) is 0 Å². The van der Waals surface area contributed by atoms with Gasteiger partial charge in [-0.2, -0.15) is 0 Å². The molecule has 0 fully saturated rings. The average molecular weight is 164 g/mol. The van der Waals surface area contributed by atoms with Crippen LogP contribution in [-0.2, 0) is 4.79 Å². The first kappa shape index (κ1) is 8.74. The molecule has 63 valence electrons. The van der Waals surface area contributed by atoms with E-state index < -0.39 is 12.0 Å². The normalized spacial score (nSPS) is 12.4. The van der Waals surface area contributed by atoms with E-state index >= 15 is 0 Å². The minimum absolute atomic E-state index is 0.619. The molecule has 0 saturated carbocycles. The van der Waals surface area contributed by atoms with Gasteiger partial charge in [0, 0.05) is 0 Å². The molecule has 3 heteroatoms. The molecule has 1 amide bonds. The summed E-state index contributed by atoms with van der Waals surface area (Å²) >= 11 is 0. The number of carbonyl (C=O) groups is 1. The summed E-state index contributed by atoms with van der Waals surface area (Å²) in [6.07, 6.45) is 0.165. The van der Waals surface area contributed by atoms with Gasteiger partial charge in [-0.15, -0.1) is 0 Å². The minimum atomic E-state index is -0.899. The van der Waals surface area contributed by atoms with Crippen molar-refractivity contribution in [3.63, 3.8) is 0 Å². The molecule has 0 unspecified atom stereocenters. The van der Waals surface area contributed by atoms with Crippen LogP contribution in [0.15, 0.2) is 30.3 Å². The number of primary amides is 1. The molecule has 0 heterocycles. The number of aliphatic hydroxyl groups is 1. The quantitative estimate of drug-likeness (QED) is 0.679. The van der Waals surface area contributed by atoms with E-state index in [-0.39, 0.29) is 0 Å². The zero-order chi connectivity index (χ0) is 8.97. The summed E-state index contributed by atoms with van der Waals surface area (Å²) in [6, 6.07) is 8.86. The molecule has 0 aliphatic heterocycles. The monoisotopic (exact) mass is 164 g/mol. The first-order valence-corrected chi connectivity index (χ1v) is 3.57. The van der Waals surface area contributed by atoms with Crippen LogP contribution in [0.1, 0.15) is 11.7 Å². The maximum Gasteiger partial charge on any atom is 0.224 e. The van der Waals surface area contributed by atoms with Crippen molar-refractivity contribution in [3.8, 4) is 0 Å². The molecule has 3 N–H and O–H groups in total. The Kier molecular flexibility index (Phi) is 2.82. The SMILES string of the molecule is NC(=O)[CH][C@@H](O)c1ccccc1. The van der Waals surface area contributed by atoms with Gasteiger partial charge >= 0.3 is 0 Å². The van der Waals surface area contributed by atoms with E-state index in [0.717, 1.165) is 6.42 Å². The summed E-state index contributed by atoms with van der Waals surface area (Å²) in [6.45, 7) is 0. The highest BCUT2D eigenvalue weighted by atomic mass is 16.3. The number of carbonyl (C=O) groups excluding carboxylic acids is 1. The predicted octanol–water partition coefficient (Wildman–Crippen LogP) is 0.410. The van der Waals surface area contributed by atoms with E-state index in [2.05, 4.69) is 0 Å². The molecular weight excluding hydrogens is 154 g/mol. The second kappa shape index (κ2) is 3.88. The van der Waals surface area contributed by atoms with Crippen molar-refractivity contribution >= 4 is 5.91 Å². The van der Waals surface area contributed by atoms with Crippen molar-refractivity contribution in [2.75, 3.05) is 0 Å². The van der Waals surface area contributed by atoms with E-state index in [9.17, 15) is 9.90 Å². The molecule has 0 bridgehead atoms. The molecule has 0 aliphatic rings. The van der Waals surface area contributed by atoms with Gasteiger partial charge in [0.25, 0.3) is 0 Å². The first-order valence-electron chi connectivity index (χ1n) is 3.57. The minimum Gasteiger partial charge on any atom is -0.388 e. The lowest BCUT2D eigenvalue weighted by Crippen LogP contribution is -2.15. The maximum absolute atomic E-state index is 10.4. The van der Waals surface area contributed by atoms with Crippen LogP contribution in [-0.4, -0.2) is 11.0 Å². The topological polar surface area (TPSA) is 63.3 Å². The Morgan fingerprint density at radius 1 is 1.42 bits per heavy atom. The van der Waals surface area contributed by atoms with Crippen LogP contribution < -0.4 is 5.73 Å². The number of rotatable bonds is 3. The lowest BCUT2D eigenvalue weighted by Gasteiger charge is -2.06. The van der Waals surface area contributed by atoms with Crippen molar-refractivity contribution in [1.82, 2.24) is 0 Å². The largest absolute Gasteiger partial charge is 0.388 e. The standard InChI is InChI=1S/C9H10NO2/c10-9(12)6-8(11)7-4-2-1-3-5-7/h1-6,8,11H,(H2,10,12)/t8-/m1/s1. The number of hydrogen-bond acceptors (Lipinski definition) is 2. The zero-order valence-corrected chi connectivity index (χ0v) is 6.47. The lowest BCUT2D eigenvalue weighted by atomic mass is 10.1. The Morgan fingerprint density at radius 3 is 2.50 bits per heavy atom. The van der Waals surface area contributed by atoms with E-state index in [1.54, 1.807) is 24.3 Å². The molecule has 0 spiro atoms. The van der Waals surface area contributed by atoms with Gasteiger partial charge in [-0.1, -0.05) is 30.3 Å². The molecule has 1 atom stereocenters. The Hall–Kier alpha value is -1.35. The third-order valence-corrected chi connectivity index (χ3v) is 1.46. The van der Waals surface area contributed by atoms with Crippen molar-refractivity contribution in [1.29, 1.82) is 0 Å². The summed E-state index contributed by atoms with van der Waals surface area (Å²) in [7, 11) is 0. The van der Waals surface area contributed by atoms with Gasteiger partial charge in [-0.05, 0) is 5.56 Å². The van der Waals surface area contributed by atoms with E-state index in [4.69, 9.17) is 5.73 Å². The number of hydrogen-bond donors (Lipinski definition) is 2. The molecule has 1 aromatic carbocycles. The molecule has 0 saturated heterocycles. The number of amides is 1. The smallest absolute Gasteiger partial charge is 0.224 e. The molecule has 3 nitrogen and oxygen atoms in total. The molecule has 1 rings (SSSR count). The fourth-order valence-corrected chi connectivity index (χ4v) is 0.902. The van der Waals surface area contributed by atoms with Gasteiger partial charge in [-0.25, -0.2) is 0 Å². The Morgan fingerprint density at radius 2 is 2.00 bits per heavy atom. The van der Waals surface area contributed by atoms with Crippen LogP contribution in [0.4, 0.5) is 0 Å². The molecule has 0 aromatic heterocycles.